The minimum atomic E-state index is -0.564. The molecule has 2 aromatic carbocycles. The number of hydrogen-bond donors (Lipinski definition) is 1. The van der Waals surface area contributed by atoms with Crippen LogP contribution >= 0.6 is 0 Å². The van der Waals surface area contributed by atoms with Gasteiger partial charge in [0.05, 0.1) is 16.5 Å². The van der Waals surface area contributed by atoms with Gasteiger partial charge in [0, 0.05) is 6.54 Å². The van der Waals surface area contributed by atoms with Gasteiger partial charge in [-0.1, -0.05) is 18.2 Å². The first kappa shape index (κ1) is 17.7. The SMILES string of the molecule is CCn1c(=O)c2ccccc2n2c(COc3cc(C)ccc3C(N)=O)nnc12. The van der Waals surface area contributed by atoms with Gasteiger partial charge in [-0.25, -0.2) is 0 Å². The third-order valence-electron chi connectivity index (χ3n) is 4.65. The normalized spacial score (nSPS) is 11.2. The van der Waals surface area contributed by atoms with Crippen molar-refractivity contribution in [3.63, 3.8) is 0 Å². The lowest BCUT2D eigenvalue weighted by molar-refractivity contribution is 0.0995. The second kappa shape index (κ2) is 6.80. The van der Waals surface area contributed by atoms with E-state index in [-0.39, 0.29) is 12.2 Å². The van der Waals surface area contributed by atoms with E-state index in [2.05, 4.69) is 10.2 Å². The lowest BCUT2D eigenvalue weighted by Crippen LogP contribution is -2.22. The Labute approximate surface area is 160 Å². The van der Waals surface area contributed by atoms with Gasteiger partial charge in [-0.15, -0.1) is 10.2 Å². The summed E-state index contributed by atoms with van der Waals surface area (Å²) in [7, 11) is 0. The van der Waals surface area contributed by atoms with Crippen LogP contribution in [0.2, 0.25) is 0 Å². The molecule has 1 amide bonds. The molecule has 0 bridgehead atoms. The standard InChI is InChI=1S/C20H19N5O3/c1-3-24-19(27)13-6-4-5-7-15(13)25-17(22-23-20(24)25)11-28-16-10-12(2)8-9-14(16)18(21)26/h4-10H,3,11H2,1-2H3,(H2,21,26). The van der Waals surface area contributed by atoms with Crippen molar-refractivity contribution in [1.82, 2.24) is 19.2 Å². The average molecular weight is 377 g/mol. The second-order valence-corrected chi connectivity index (χ2v) is 6.47. The van der Waals surface area contributed by atoms with E-state index in [1.807, 2.05) is 32.0 Å². The number of ether oxygens (including phenoxy) is 1. The first-order chi connectivity index (χ1) is 13.5. The number of benzene rings is 2. The lowest BCUT2D eigenvalue weighted by Gasteiger charge is -2.12. The zero-order chi connectivity index (χ0) is 19.8. The summed E-state index contributed by atoms with van der Waals surface area (Å²) in [5, 5.41) is 8.99. The molecule has 8 nitrogen and oxygen atoms in total. The third-order valence-corrected chi connectivity index (χ3v) is 4.65. The monoisotopic (exact) mass is 377 g/mol. The number of amides is 1. The Bertz CT molecular complexity index is 1270. The Kier molecular flexibility index (Phi) is 4.31. The highest BCUT2D eigenvalue weighted by atomic mass is 16.5. The molecule has 0 radical (unpaired) electrons. The number of para-hydroxylation sites is 1. The maximum atomic E-state index is 12.7. The fraction of sp³-hybridized carbons (Fsp3) is 0.200. The minimum Gasteiger partial charge on any atom is -0.485 e. The van der Waals surface area contributed by atoms with E-state index in [1.165, 1.54) is 0 Å². The second-order valence-electron chi connectivity index (χ2n) is 6.47. The molecular formula is C20H19N5O3. The van der Waals surface area contributed by atoms with Gasteiger partial charge in [0.2, 0.25) is 5.78 Å². The molecular weight excluding hydrogens is 358 g/mol. The summed E-state index contributed by atoms with van der Waals surface area (Å²) >= 11 is 0. The van der Waals surface area contributed by atoms with Crippen molar-refractivity contribution in [2.24, 2.45) is 5.73 Å². The van der Waals surface area contributed by atoms with Crippen LogP contribution in [0.5, 0.6) is 5.75 Å². The number of rotatable bonds is 5. The van der Waals surface area contributed by atoms with Crippen molar-refractivity contribution in [2.75, 3.05) is 0 Å². The summed E-state index contributed by atoms with van der Waals surface area (Å²) in [6.07, 6.45) is 0. The van der Waals surface area contributed by atoms with Crippen molar-refractivity contribution in [2.45, 2.75) is 27.0 Å². The van der Waals surface area contributed by atoms with E-state index >= 15 is 0 Å². The summed E-state index contributed by atoms with van der Waals surface area (Å²) in [6.45, 7) is 4.32. The molecule has 142 valence electrons. The van der Waals surface area contributed by atoms with Crippen molar-refractivity contribution in [3.8, 4) is 5.75 Å². The number of fused-ring (bicyclic) bond motifs is 3. The fourth-order valence-electron chi connectivity index (χ4n) is 3.29. The van der Waals surface area contributed by atoms with Crippen LogP contribution in [-0.4, -0.2) is 25.1 Å². The zero-order valence-corrected chi connectivity index (χ0v) is 15.5. The van der Waals surface area contributed by atoms with Crippen LogP contribution in [0.1, 0.15) is 28.7 Å². The van der Waals surface area contributed by atoms with E-state index in [4.69, 9.17) is 10.5 Å². The molecule has 0 unspecified atom stereocenters. The molecule has 0 saturated heterocycles. The summed E-state index contributed by atoms with van der Waals surface area (Å²) in [5.74, 6) is 0.790. The molecule has 2 aromatic heterocycles. The Morgan fingerprint density at radius 1 is 1.18 bits per heavy atom. The minimum absolute atomic E-state index is 0.0663. The Morgan fingerprint density at radius 2 is 1.96 bits per heavy atom. The maximum absolute atomic E-state index is 12.7. The third kappa shape index (κ3) is 2.79. The number of nitrogens with two attached hydrogens (primary N) is 1. The number of aromatic nitrogens is 4. The van der Waals surface area contributed by atoms with Crippen LogP contribution in [-0.2, 0) is 13.2 Å². The average Bonchev–Trinajstić information content (AvgIpc) is 3.10. The van der Waals surface area contributed by atoms with Crippen molar-refractivity contribution >= 4 is 22.6 Å². The molecule has 0 aliphatic carbocycles. The van der Waals surface area contributed by atoms with Crippen molar-refractivity contribution < 1.29 is 9.53 Å². The molecule has 0 spiro atoms. The zero-order valence-electron chi connectivity index (χ0n) is 15.5. The van der Waals surface area contributed by atoms with Crippen molar-refractivity contribution in [1.29, 1.82) is 0 Å². The van der Waals surface area contributed by atoms with E-state index in [1.54, 1.807) is 33.2 Å². The molecule has 0 atom stereocenters. The summed E-state index contributed by atoms with van der Waals surface area (Å²) < 4.78 is 9.25. The van der Waals surface area contributed by atoms with E-state index in [9.17, 15) is 9.59 Å². The molecule has 2 N–H and O–H groups in total. The summed E-state index contributed by atoms with van der Waals surface area (Å²) in [5.41, 5.74) is 7.28. The number of aryl methyl sites for hydroxylation is 2. The molecule has 2 heterocycles. The topological polar surface area (TPSA) is 105 Å². The first-order valence-electron chi connectivity index (χ1n) is 8.90. The van der Waals surface area contributed by atoms with Crippen LogP contribution < -0.4 is 16.0 Å². The first-order valence-corrected chi connectivity index (χ1v) is 8.90. The van der Waals surface area contributed by atoms with E-state index in [0.29, 0.717) is 40.4 Å². The molecule has 0 aliphatic heterocycles. The smallest absolute Gasteiger partial charge is 0.262 e. The van der Waals surface area contributed by atoms with Crippen LogP contribution in [0.15, 0.2) is 47.3 Å². The number of primary amides is 1. The van der Waals surface area contributed by atoms with E-state index in [0.717, 1.165) is 5.56 Å². The molecule has 4 aromatic rings. The van der Waals surface area contributed by atoms with Crippen LogP contribution in [0, 0.1) is 6.92 Å². The van der Waals surface area contributed by atoms with Gasteiger partial charge in [-0.2, -0.15) is 0 Å². The quantitative estimate of drug-likeness (QED) is 0.573. The fourth-order valence-corrected chi connectivity index (χ4v) is 3.29. The highest BCUT2D eigenvalue weighted by molar-refractivity contribution is 5.95. The Hall–Kier alpha value is -3.68. The molecule has 4 rings (SSSR count). The number of hydrogen-bond acceptors (Lipinski definition) is 5. The van der Waals surface area contributed by atoms with Gasteiger partial charge in [0.15, 0.2) is 5.82 Å². The largest absolute Gasteiger partial charge is 0.485 e. The van der Waals surface area contributed by atoms with Gasteiger partial charge in [0.1, 0.15) is 12.4 Å². The van der Waals surface area contributed by atoms with Crippen molar-refractivity contribution in [3.05, 3.63) is 69.8 Å². The number of nitrogens with zero attached hydrogens (tertiary/aromatic N) is 4. The summed E-state index contributed by atoms with van der Waals surface area (Å²) in [4.78, 5) is 24.4. The number of carbonyl (C=O) groups is 1. The van der Waals surface area contributed by atoms with Gasteiger partial charge in [-0.3, -0.25) is 18.6 Å². The Balaban J connectivity index is 1.84. The van der Waals surface area contributed by atoms with Crippen LogP contribution in [0.4, 0.5) is 0 Å². The van der Waals surface area contributed by atoms with E-state index < -0.39 is 5.91 Å². The maximum Gasteiger partial charge on any atom is 0.262 e. The lowest BCUT2D eigenvalue weighted by atomic mass is 10.1. The van der Waals surface area contributed by atoms with Crippen LogP contribution in [0.3, 0.4) is 0 Å². The molecule has 0 fully saturated rings. The predicted octanol–water partition coefficient (Wildman–Crippen LogP) is 2.05. The highest BCUT2D eigenvalue weighted by Gasteiger charge is 2.17. The molecule has 8 heteroatoms. The van der Waals surface area contributed by atoms with Gasteiger partial charge < -0.3 is 10.5 Å². The summed E-state index contributed by atoms with van der Waals surface area (Å²) in [6, 6.07) is 12.5. The predicted molar refractivity (Wildman–Crippen MR) is 104 cm³/mol. The molecule has 0 aliphatic rings. The molecule has 0 saturated carbocycles. The van der Waals surface area contributed by atoms with Gasteiger partial charge in [-0.05, 0) is 43.7 Å². The van der Waals surface area contributed by atoms with Crippen LogP contribution in [0.25, 0.3) is 16.7 Å². The number of carbonyl (C=O) groups excluding carboxylic acids is 1. The molecule has 28 heavy (non-hydrogen) atoms. The highest BCUT2D eigenvalue weighted by Crippen LogP contribution is 2.22. The van der Waals surface area contributed by atoms with Gasteiger partial charge >= 0.3 is 0 Å². The van der Waals surface area contributed by atoms with Gasteiger partial charge in [0.25, 0.3) is 11.5 Å². The Morgan fingerprint density at radius 3 is 2.71 bits per heavy atom.